The fraction of sp³-hybridized carbons (Fsp3) is 0.978. The molecule has 1 fully saturated rings. The van der Waals surface area contributed by atoms with Gasteiger partial charge in [-0.3, -0.25) is 4.79 Å². The number of esters is 1. The van der Waals surface area contributed by atoms with E-state index in [1.54, 1.807) is 0 Å². The number of thioether (sulfide) groups is 5. The van der Waals surface area contributed by atoms with Crippen molar-refractivity contribution < 1.29 is 9.53 Å². The van der Waals surface area contributed by atoms with Gasteiger partial charge in [0.1, 0.15) is 0 Å². The first kappa shape index (κ1) is 54.1. The van der Waals surface area contributed by atoms with E-state index in [1.165, 1.54) is 125 Å². The molecule has 0 N–H and O–H groups in total. The molecule has 6 unspecified atom stereocenters. The molecule has 10 heteroatoms. The second kappa shape index (κ2) is 35.8. The highest BCUT2D eigenvalue weighted by molar-refractivity contribution is 8.00. The molecule has 328 valence electrons. The van der Waals surface area contributed by atoms with Crippen LogP contribution in [0.4, 0.5) is 0 Å². The van der Waals surface area contributed by atoms with Crippen molar-refractivity contribution in [3.8, 4) is 0 Å². The molecule has 0 heterocycles. The number of carbonyl (C=O) groups is 1. The molecule has 1 aliphatic rings. The molecule has 0 aliphatic heterocycles. The summed E-state index contributed by atoms with van der Waals surface area (Å²) >= 11 is 10.7. The lowest BCUT2D eigenvalue weighted by molar-refractivity contribution is -0.150. The van der Waals surface area contributed by atoms with E-state index >= 15 is 0 Å². The van der Waals surface area contributed by atoms with Gasteiger partial charge in [0.15, 0.2) is 0 Å². The second-order valence-corrected chi connectivity index (χ2v) is 23.8. The predicted octanol–water partition coefficient (Wildman–Crippen LogP) is 11.8. The van der Waals surface area contributed by atoms with E-state index in [9.17, 15) is 4.79 Å². The van der Waals surface area contributed by atoms with Gasteiger partial charge in [-0.15, -0.1) is 0 Å². The normalized spacial score (nSPS) is 19.5. The van der Waals surface area contributed by atoms with Crippen molar-refractivity contribution in [2.45, 2.75) is 146 Å². The Morgan fingerprint density at radius 3 is 1.76 bits per heavy atom. The van der Waals surface area contributed by atoms with Gasteiger partial charge >= 0.3 is 5.97 Å². The Balaban J connectivity index is 2.54. The summed E-state index contributed by atoms with van der Waals surface area (Å²) < 4.78 is 5.94. The predicted molar refractivity (Wildman–Crippen MR) is 261 cm³/mol. The maximum Gasteiger partial charge on any atom is 0.308 e. The van der Waals surface area contributed by atoms with Crippen LogP contribution in [0, 0.1) is 23.7 Å². The third-order valence-corrected chi connectivity index (χ3v) is 17.7. The minimum Gasteiger partial charge on any atom is -0.465 e. The van der Waals surface area contributed by atoms with E-state index in [1.807, 2.05) is 11.8 Å². The minimum absolute atomic E-state index is 0.0852. The Morgan fingerprint density at radius 2 is 1.18 bits per heavy atom. The van der Waals surface area contributed by atoms with E-state index in [0.717, 1.165) is 55.2 Å². The van der Waals surface area contributed by atoms with Crippen LogP contribution < -0.4 is 0 Å². The summed E-state index contributed by atoms with van der Waals surface area (Å²) in [7, 11) is 13.1. The van der Waals surface area contributed by atoms with Crippen molar-refractivity contribution >= 4 is 64.8 Å². The molecule has 0 aromatic rings. The van der Waals surface area contributed by atoms with E-state index in [-0.39, 0.29) is 11.9 Å². The second-order valence-electron chi connectivity index (χ2n) is 17.6. The number of ether oxygens (including phenoxy) is 1. The first-order valence-corrected chi connectivity index (χ1v) is 28.2. The zero-order valence-electron chi connectivity index (χ0n) is 37.8. The number of carbonyl (C=O) groups excluding carboxylic acids is 1. The highest BCUT2D eigenvalue weighted by atomic mass is 32.2. The molecular weight excluding hydrogens is 775 g/mol. The van der Waals surface area contributed by atoms with Gasteiger partial charge in [0.05, 0.1) is 12.5 Å². The van der Waals surface area contributed by atoms with Crippen LogP contribution in [-0.2, 0) is 9.53 Å². The van der Waals surface area contributed by atoms with Crippen LogP contribution >= 0.6 is 58.8 Å². The van der Waals surface area contributed by atoms with Gasteiger partial charge in [0.25, 0.3) is 0 Å². The molecule has 55 heavy (non-hydrogen) atoms. The summed E-state index contributed by atoms with van der Waals surface area (Å²) in [5, 5.41) is 2.03. The number of rotatable bonds is 37. The Kier molecular flexibility index (Phi) is 35.2. The van der Waals surface area contributed by atoms with Crippen molar-refractivity contribution in [1.82, 2.24) is 14.7 Å². The molecule has 0 aromatic heterocycles. The third kappa shape index (κ3) is 29.9. The van der Waals surface area contributed by atoms with Crippen LogP contribution in [0.3, 0.4) is 0 Å². The first-order valence-electron chi connectivity index (χ1n) is 22.5. The van der Waals surface area contributed by atoms with Gasteiger partial charge in [-0.25, -0.2) is 0 Å². The Morgan fingerprint density at radius 1 is 0.636 bits per heavy atom. The molecule has 1 aliphatic carbocycles. The van der Waals surface area contributed by atoms with Gasteiger partial charge in [0.2, 0.25) is 0 Å². The van der Waals surface area contributed by atoms with Crippen molar-refractivity contribution in [2.24, 2.45) is 23.7 Å². The Labute approximate surface area is 365 Å². The Bertz CT molecular complexity index is 883. The van der Waals surface area contributed by atoms with Crippen LogP contribution in [0.15, 0.2) is 0 Å². The maximum atomic E-state index is 13.3. The largest absolute Gasteiger partial charge is 0.465 e. The van der Waals surface area contributed by atoms with E-state index < -0.39 is 0 Å². The SMILES string of the molecule is CSCCCCCCCCSCCCCCCOC(=O)C1CCC(CCC(SCCN(C)C)C(C)CCC(SCCN(C)C)C(C)C)C(SCCN(C)C)C1. The number of unbranched alkanes of at least 4 members (excludes halogenated alkanes) is 8. The Hall–Kier alpha value is 1.10. The van der Waals surface area contributed by atoms with E-state index in [4.69, 9.17) is 4.74 Å². The molecule has 0 spiro atoms. The van der Waals surface area contributed by atoms with Gasteiger partial charge in [-0.1, -0.05) is 59.3 Å². The fourth-order valence-corrected chi connectivity index (χ4v) is 13.6. The molecule has 1 saturated carbocycles. The molecule has 6 atom stereocenters. The summed E-state index contributed by atoms with van der Waals surface area (Å²) in [4.78, 5) is 20.3. The topological polar surface area (TPSA) is 36.0 Å². The number of hydrogen-bond acceptors (Lipinski definition) is 10. The monoisotopic (exact) mass is 866 g/mol. The van der Waals surface area contributed by atoms with Crippen molar-refractivity contribution in [3.63, 3.8) is 0 Å². The lowest BCUT2D eigenvalue weighted by atomic mass is 9.78. The van der Waals surface area contributed by atoms with Crippen LogP contribution in [0.5, 0.6) is 0 Å². The van der Waals surface area contributed by atoms with Crippen molar-refractivity contribution in [2.75, 3.05) is 109 Å². The van der Waals surface area contributed by atoms with Crippen LogP contribution in [0.1, 0.15) is 130 Å². The average molecular weight is 867 g/mol. The van der Waals surface area contributed by atoms with E-state index in [0.29, 0.717) is 23.0 Å². The van der Waals surface area contributed by atoms with E-state index in [2.05, 4.69) is 131 Å². The quantitative estimate of drug-likeness (QED) is 0.0445. The number of hydrogen-bond donors (Lipinski definition) is 0. The summed E-state index contributed by atoms with van der Waals surface area (Å²) in [6.07, 6.45) is 23.8. The lowest BCUT2D eigenvalue weighted by Crippen LogP contribution is -2.34. The highest BCUT2D eigenvalue weighted by Crippen LogP contribution is 2.41. The molecule has 5 nitrogen and oxygen atoms in total. The highest BCUT2D eigenvalue weighted by Gasteiger charge is 2.35. The fourth-order valence-electron chi connectivity index (χ4n) is 7.44. The van der Waals surface area contributed by atoms with Gasteiger partial charge in [-0.2, -0.15) is 58.8 Å². The standard InChI is InChI=1S/C45H91N3O2S5/c1-38(2)42(53-34-27-46(4)5)25-21-39(3)43(54-35-28-47(6)7)26-24-40-22-23-41(37-44(40)55-36-29-48(8)9)45(49)50-30-17-13-16-20-33-52-32-19-15-12-11-14-18-31-51-10/h38-44H,11-37H2,1-10H3. The first-order chi connectivity index (χ1) is 26.4. The molecule has 0 radical (unpaired) electrons. The van der Waals surface area contributed by atoms with Gasteiger partial charge in [0, 0.05) is 52.6 Å². The molecular formula is C45H91N3O2S5. The maximum absolute atomic E-state index is 13.3. The van der Waals surface area contributed by atoms with Gasteiger partial charge < -0.3 is 19.4 Å². The van der Waals surface area contributed by atoms with Crippen LogP contribution in [0.25, 0.3) is 0 Å². The number of nitrogens with zero attached hydrogens (tertiary/aromatic N) is 3. The van der Waals surface area contributed by atoms with Crippen molar-refractivity contribution in [3.05, 3.63) is 0 Å². The summed E-state index contributed by atoms with van der Waals surface area (Å²) in [6.45, 7) is 11.4. The average Bonchev–Trinajstić information content (AvgIpc) is 3.13. The molecule has 0 amide bonds. The summed E-state index contributed by atoms with van der Waals surface area (Å²) in [5.41, 5.74) is 0. The summed E-state index contributed by atoms with van der Waals surface area (Å²) in [5.74, 6) is 9.85. The van der Waals surface area contributed by atoms with Gasteiger partial charge in [-0.05, 0) is 154 Å². The molecule has 0 aromatic carbocycles. The smallest absolute Gasteiger partial charge is 0.308 e. The van der Waals surface area contributed by atoms with Crippen LogP contribution in [0.2, 0.25) is 0 Å². The lowest BCUT2D eigenvalue weighted by Gasteiger charge is -2.36. The third-order valence-electron chi connectivity index (χ3n) is 11.3. The zero-order valence-corrected chi connectivity index (χ0v) is 41.9. The molecule has 0 saturated heterocycles. The summed E-state index contributed by atoms with van der Waals surface area (Å²) in [6, 6.07) is 0. The minimum atomic E-state index is 0.0852. The van der Waals surface area contributed by atoms with Crippen LogP contribution in [-0.4, -0.2) is 146 Å². The van der Waals surface area contributed by atoms with Crippen molar-refractivity contribution in [1.29, 1.82) is 0 Å². The molecule has 1 rings (SSSR count). The molecule has 0 bridgehead atoms. The zero-order chi connectivity index (χ0) is 40.7.